The number of rotatable bonds is 6. The minimum atomic E-state index is -4.00. The van der Waals surface area contributed by atoms with Crippen LogP contribution in [0.15, 0.2) is 78.2 Å². The number of para-hydroxylation sites is 1. The zero-order valence-electron chi connectivity index (χ0n) is 16.4. The molecule has 2 aromatic carbocycles. The molecule has 0 saturated carbocycles. The molecule has 2 aromatic heterocycles. The van der Waals surface area contributed by atoms with Gasteiger partial charge in [-0.15, -0.1) is 11.3 Å². The molecule has 0 aliphatic carbocycles. The number of nitrogens with one attached hydrogen (secondary N) is 1. The van der Waals surface area contributed by atoms with Gasteiger partial charge in [-0.05, 0) is 54.3 Å². The van der Waals surface area contributed by atoms with Crippen molar-refractivity contribution < 1.29 is 13.2 Å². The molecule has 4 rings (SSSR count). The highest BCUT2D eigenvalue weighted by atomic mass is 35.5. The van der Waals surface area contributed by atoms with Gasteiger partial charge in [-0.3, -0.25) is 4.79 Å². The van der Waals surface area contributed by atoms with E-state index in [-0.39, 0.29) is 5.69 Å². The molecule has 0 aliphatic rings. The molecule has 9 heteroatoms. The minimum absolute atomic E-state index is 0.00845. The van der Waals surface area contributed by atoms with E-state index in [2.05, 4.69) is 9.82 Å². The van der Waals surface area contributed by atoms with Crippen molar-refractivity contribution in [1.29, 1.82) is 0 Å². The van der Waals surface area contributed by atoms with E-state index < -0.39 is 21.2 Å². The number of hydrogen-bond donors (Lipinski definition) is 1. The third kappa shape index (κ3) is 4.56. The minimum Gasteiger partial charge on any atom is -0.266 e. The normalized spacial score (nSPS) is 12.5. The molecule has 0 fully saturated rings. The van der Waals surface area contributed by atoms with Gasteiger partial charge in [-0.1, -0.05) is 48.0 Å². The molecule has 4 aromatic rings. The molecule has 0 spiro atoms. The lowest BCUT2D eigenvalue weighted by Gasteiger charge is -2.14. The van der Waals surface area contributed by atoms with Gasteiger partial charge in [0.2, 0.25) is 10.0 Å². The molecular formula is C22H18ClN3O3S2. The van der Waals surface area contributed by atoms with Crippen molar-refractivity contribution in [3.8, 4) is 16.3 Å². The number of amides is 1. The lowest BCUT2D eigenvalue weighted by molar-refractivity contribution is 0.0976. The smallest absolute Gasteiger partial charge is 0.266 e. The average Bonchev–Trinajstić information content (AvgIpc) is 3.43. The Hall–Kier alpha value is -2.94. The summed E-state index contributed by atoms with van der Waals surface area (Å²) >= 11 is 7.48. The van der Waals surface area contributed by atoms with Crippen LogP contribution in [0.1, 0.15) is 28.2 Å². The van der Waals surface area contributed by atoms with Crippen LogP contribution in [0.25, 0.3) is 16.3 Å². The molecule has 6 nitrogen and oxygen atoms in total. The molecular weight excluding hydrogens is 454 g/mol. The predicted octanol–water partition coefficient (Wildman–Crippen LogP) is 5.08. The Morgan fingerprint density at radius 1 is 1.06 bits per heavy atom. The fourth-order valence-corrected chi connectivity index (χ4v) is 5.04. The van der Waals surface area contributed by atoms with Gasteiger partial charge in [0.15, 0.2) is 5.69 Å². The summed E-state index contributed by atoms with van der Waals surface area (Å²) in [4.78, 5) is 13.7. The van der Waals surface area contributed by atoms with Crippen LogP contribution in [0.3, 0.4) is 0 Å². The summed E-state index contributed by atoms with van der Waals surface area (Å²) < 4.78 is 29.4. The second-order valence-corrected chi connectivity index (χ2v) is 10.2. The van der Waals surface area contributed by atoms with E-state index in [1.807, 2.05) is 47.8 Å². The van der Waals surface area contributed by atoms with Gasteiger partial charge in [0, 0.05) is 5.02 Å². The number of sulfonamides is 1. The highest BCUT2D eigenvalue weighted by Crippen LogP contribution is 2.28. The maximum atomic E-state index is 12.8. The SMILES string of the molecule is CC(c1cccc(Cl)c1)S(=O)(=O)NC(=O)c1cc(-c2cccs2)n(-c2ccccc2)n1. The number of hydrogen-bond acceptors (Lipinski definition) is 5. The number of aromatic nitrogens is 2. The van der Waals surface area contributed by atoms with E-state index in [4.69, 9.17) is 11.6 Å². The van der Waals surface area contributed by atoms with Crippen LogP contribution >= 0.6 is 22.9 Å². The van der Waals surface area contributed by atoms with Gasteiger partial charge >= 0.3 is 0 Å². The second-order valence-electron chi connectivity index (χ2n) is 6.81. The first-order chi connectivity index (χ1) is 14.8. The second kappa shape index (κ2) is 8.66. The highest BCUT2D eigenvalue weighted by molar-refractivity contribution is 7.90. The van der Waals surface area contributed by atoms with Gasteiger partial charge in [-0.25, -0.2) is 17.8 Å². The predicted molar refractivity (Wildman–Crippen MR) is 123 cm³/mol. The maximum Gasteiger partial charge on any atom is 0.285 e. The average molecular weight is 472 g/mol. The summed E-state index contributed by atoms with van der Waals surface area (Å²) in [6, 6.07) is 21.3. The van der Waals surface area contributed by atoms with Gasteiger partial charge < -0.3 is 0 Å². The third-order valence-electron chi connectivity index (χ3n) is 4.73. The van der Waals surface area contributed by atoms with Crippen molar-refractivity contribution in [3.63, 3.8) is 0 Å². The lowest BCUT2D eigenvalue weighted by Crippen LogP contribution is -2.34. The summed E-state index contributed by atoms with van der Waals surface area (Å²) in [6.07, 6.45) is 0. The van der Waals surface area contributed by atoms with Gasteiger partial charge in [0.25, 0.3) is 5.91 Å². The van der Waals surface area contributed by atoms with Crippen molar-refractivity contribution >= 4 is 38.9 Å². The molecule has 0 aliphatic heterocycles. The van der Waals surface area contributed by atoms with E-state index >= 15 is 0 Å². The molecule has 1 amide bonds. The Morgan fingerprint density at radius 2 is 1.84 bits per heavy atom. The summed E-state index contributed by atoms with van der Waals surface area (Å²) in [5.74, 6) is -0.790. The van der Waals surface area contributed by atoms with Crippen molar-refractivity contribution in [2.24, 2.45) is 0 Å². The van der Waals surface area contributed by atoms with Crippen LogP contribution in [0.2, 0.25) is 5.02 Å². The summed E-state index contributed by atoms with van der Waals surface area (Å²) in [7, 11) is -4.00. The molecule has 1 atom stereocenters. The van der Waals surface area contributed by atoms with Crippen LogP contribution in [0.4, 0.5) is 0 Å². The van der Waals surface area contributed by atoms with E-state index in [0.717, 1.165) is 10.6 Å². The van der Waals surface area contributed by atoms with Crippen LogP contribution in [0.5, 0.6) is 0 Å². The Bertz CT molecular complexity index is 1320. The van der Waals surface area contributed by atoms with Gasteiger partial charge in [0.05, 0.1) is 16.3 Å². The Kier molecular flexibility index (Phi) is 5.95. The topological polar surface area (TPSA) is 81.1 Å². The quantitative estimate of drug-likeness (QED) is 0.425. The Morgan fingerprint density at radius 3 is 2.52 bits per heavy atom. The molecule has 2 heterocycles. The van der Waals surface area contributed by atoms with Crippen molar-refractivity contribution in [2.45, 2.75) is 12.2 Å². The Balaban J connectivity index is 1.66. The molecule has 0 saturated heterocycles. The largest absolute Gasteiger partial charge is 0.285 e. The summed E-state index contributed by atoms with van der Waals surface area (Å²) in [5.41, 5.74) is 1.96. The number of carbonyl (C=O) groups is 1. The Labute approximate surface area is 189 Å². The molecule has 31 heavy (non-hydrogen) atoms. The number of nitrogens with zero attached hydrogens (tertiary/aromatic N) is 2. The molecule has 0 bridgehead atoms. The maximum absolute atomic E-state index is 12.8. The highest BCUT2D eigenvalue weighted by Gasteiger charge is 2.27. The molecule has 158 valence electrons. The van der Waals surface area contributed by atoms with Gasteiger partial charge in [0.1, 0.15) is 5.25 Å². The van der Waals surface area contributed by atoms with Crippen molar-refractivity contribution in [1.82, 2.24) is 14.5 Å². The number of halogens is 1. The number of thiophene rings is 1. The molecule has 1 unspecified atom stereocenters. The van der Waals surface area contributed by atoms with E-state index in [1.165, 1.54) is 18.3 Å². The number of benzene rings is 2. The lowest BCUT2D eigenvalue weighted by atomic mass is 10.2. The van der Waals surface area contributed by atoms with Gasteiger partial charge in [-0.2, -0.15) is 5.10 Å². The fourth-order valence-electron chi connectivity index (χ4n) is 3.07. The van der Waals surface area contributed by atoms with Crippen molar-refractivity contribution in [3.05, 3.63) is 94.5 Å². The van der Waals surface area contributed by atoms with E-state index in [9.17, 15) is 13.2 Å². The monoisotopic (exact) mass is 471 g/mol. The van der Waals surface area contributed by atoms with Crippen LogP contribution in [-0.4, -0.2) is 24.1 Å². The standard InChI is InChI=1S/C22H18ClN3O3S2/c1-15(16-7-5-8-17(23)13-16)31(28,29)25-22(27)19-14-20(21-11-6-12-30-21)26(24-19)18-9-3-2-4-10-18/h2-15H,1H3,(H,25,27). The number of carbonyl (C=O) groups excluding carboxylic acids is 1. The van der Waals surface area contributed by atoms with Crippen LogP contribution < -0.4 is 4.72 Å². The zero-order valence-corrected chi connectivity index (χ0v) is 18.8. The first-order valence-electron chi connectivity index (χ1n) is 9.36. The zero-order chi connectivity index (χ0) is 22.0. The van der Waals surface area contributed by atoms with Crippen LogP contribution in [0, 0.1) is 0 Å². The fraction of sp³-hybridized carbons (Fsp3) is 0.0909. The first kappa shape index (κ1) is 21.3. The summed E-state index contributed by atoms with van der Waals surface area (Å²) in [5, 5.41) is 5.77. The third-order valence-corrected chi connectivity index (χ3v) is 7.54. The molecule has 1 N–H and O–H groups in total. The molecule has 0 radical (unpaired) electrons. The first-order valence-corrected chi connectivity index (χ1v) is 12.2. The van der Waals surface area contributed by atoms with Crippen LogP contribution in [-0.2, 0) is 10.0 Å². The van der Waals surface area contributed by atoms with E-state index in [0.29, 0.717) is 16.3 Å². The van der Waals surface area contributed by atoms with Crippen molar-refractivity contribution in [2.75, 3.05) is 0 Å². The van der Waals surface area contributed by atoms with E-state index in [1.54, 1.807) is 35.0 Å². The summed E-state index contributed by atoms with van der Waals surface area (Å²) in [6.45, 7) is 1.50.